The minimum Gasteiger partial charge on any atom is -0.364 e. The quantitative estimate of drug-likeness (QED) is 0.686. The van der Waals surface area contributed by atoms with E-state index in [9.17, 15) is 4.79 Å². The van der Waals surface area contributed by atoms with Crippen molar-refractivity contribution in [3.05, 3.63) is 58.1 Å². The monoisotopic (exact) mass is 395 g/mol. The van der Waals surface area contributed by atoms with E-state index in [4.69, 9.17) is 21.1 Å². The number of hydrogen-bond donors (Lipinski definition) is 2. The van der Waals surface area contributed by atoms with Crippen LogP contribution in [0.15, 0.2) is 34.9 Å². The molecule has 1 saturated carbocycles. The van der Waals surface area contributed by atoms with Crippen LogP contribution in [0, 0.1) is 0 Å². The third-order valence-electron chi connectivity index (χ3n) is 4.98. The number of halogens is 1. The van der Waals surface area contributed by atoms with Gasteiger partial charge in [0.2, 0.25) is 0 Å². The van der Waals surface area contributed by atoms with Crippen LogP contribution in [0.1, 0.15) is 46.3 Å². The van der Waals surface area contributed by atoms with Crippen LogP contribution >= 0.6 is 11.6 Å². The summed E-state index contributed by atoms with van der Waals surface area (Å²) in [6.07, 6.45) is 2.85. The molecule has 3 aromatic rings. The number of benzene rings is 1. The summed E-state index contributed by atoms with van der Waals surface area (Å²) >= 11 is 6.23. The van der Waals surface area contributed by atoms with Crippen LogP contribution in [0.2, 0.25) is 5.02 Å². The number of nitrogens with one attached hydrogen (secondary N) is 2. The molecule has 142 valence electrons. The minimum absolute atomic E-state index is 0.129. The lowest BCUT2D eigenvalue weighted by atomic mass is 10.1. The second kappa shape index (κ2) is 6.91. The lowest BCUT2D eigenvalue weighted by molar-refractivity contribution is 0.0940. The van der Waals surface area contributed by atoms with E-state index >= 15 is 0 Å². The zero-order valence-corrected chi connectivity index (χ0v) is 15.8. The zero-order chi connectivity index (χ0) is 19.1. The molecule has 1 aliphatic carbocycles. The van der Waals surface area contributed by atoms with Crippen LogP contribution in [0.3, 0.4) is 0 Å². The van der Waals surface area contributed by atoms with Crippen molar-refractivity contribution in [2.45, 2.75) is 31.7 Å². The standard InChI is InChI=1S/C20H18ClN5O2/c21-15-4-2-1-3-13(15)16-9-12(26-28-16)10-23-19-14-7-8-22-20(27)17(14)24-18(25-19)11-5-6-11/h1-4,9,11H,5-8,10H2,(H,22,27)(H,23,24,25). The highest BCUT2D eigenvalue weighted by Crippen LogP contribution is 2.39. The predicted molar refractivity (Wildman–Crippen MR) is 104 cm³/mol. The van der Waals surface area contributed by atoms with Crippen molar-refractivity contribution in [1.29, 1.82) is 0 Å². The average Bonchev–Trinajstić information content (AvgIpc) is 3.45. The van der Waals surface area contributed by atoms with Crippen LogP contribution in [-0.2, 0) is 13.0 Å². The van der Waals surface area contributed by atoms with Crippen molar-refractivity contribution in [2.24, 2.45) is 0 Å². The van der Waals surface area contributed by atoms with Gasteiger partial charge in [-0.25, -0.2) is 9.97 Å². The van der Waals surface area contributed by atoms with E-state index in [1.807, 2.05) is 30.3 Å². The molecule has 2 N–H and O–H groups in total. The fraction of sp³-hybridized carbons (Fsp3) is 0.300. The fourth-order valence-corrected chi connectivity index (χ4v) is 3.57. The van der Waals surface area contributed by atoms with Gasteiger partial charge < -0.3 is 15.2 Å². The summed E-state index contributed by atoms with van der Waals surface area (Å²) in [5.41, 5.74) is 2.89. The molecule has 2 aliphatic rings. The molecule has 1 aromatic carbocycles. The molecule has 0 atom stereocenters. The van der Waals surface area contributed by atoms with Gasteiger partial charge in [-0.1, -0.05) is 28.9 Å². The third kappa shape index (κ3) is 3.22. The maximum absolute atomic E-state index is 12.2. The van der Waals surface area contributed by atoms with Crippen molar-refractivity contribution in [1.82, 2.24) is 20.4 Å². The highest BCUT2D eigenvalue weighted by Gasteiger charge is 2.31. The Hall–Kier alpha value is -2.93. The number of hydrogen-bond acceptors (Lipinski definition) is 6. The Morgan fingerprint density at radius 2 is 2.11 bits per heavy atom. The number of carbonyl (C=O) groups is 1. The second-order valence-electron chi connectivity index (χ2n) is 7.05. The lowest BCUT2D eigenvalue weighted by Crippen LogP contribution is -2.34. The van der Waals surface area contributed by atoms with Gasteiger partial charge in [-0.2, -0.15) is 0 Å². The number of nitrogens with zero attached hydrogens (tertiary/aromatic N) is 3. The van der Waals surface area contributed by atoms with E-state index in [-0.39, 0.29) is 5.91 Å². The first-order chi connectivity index (χ1) is 13.7. The summed E-state index contributed by atoms with van der Waals surface area (Å²) in [4.78, 5) is 21.4. The molecule has 0 bridgehead atoms. The van der Waals surface area contributed by atoms with Gasteiger partial charge >= 0.3 is 0 Å². The molecule has 3 heterocycles. The van der Waals surface area contributed by atoms with Crippen molar-refractivity contribution >= 4 is 23.3 Å². The molecule has 1 amide bonds. The molecular formula is C20H18ClN5O2. The Labute approximate surface area is 166 Å². The Morgan fingerprint density at radius 1 is 1.25 bits per heavy atom. The Morgan fingerprint density at radius 3 is 2.93 bits per heavy atom. The van der Waals surface area contributed by atoms with Gasteiger partial charge in [0.25, 0.3) is 5.91 Å². The lowest BCUT2D eigenvalue weighted by Gasteiger charge is -2.19. The topological polar surface area (TPSA) is 92.9 Å². The van der Waals surface area contributed by atoms with Gasteiger partial charge in [-0.15, -0.1) is 0 Å². The van der Waals surface area contributed by atoms with E-state index in [1.54, 1.807) is 0 Å². The number of fused-ring (bicyclic) bond motifs is 1. The molecule has 5 rings (SSSR count). The molecule has 0 radical (unpaired) electrons. The van der Waals surface area contributed by atoms with Gasteiger partial charge in [-0.05, 0) is 31.4 Å². The minimum atomic E-state index is -0.129. The number of amides is 1. The fourth-order valence-electron chi connectivity index (χ4n) is 3.34. The van der Waals surface area contributed by atoms with Crippen molar-refractivity contribution in [3.8, 4) is 11.3 Å². The van der Waals surface area contributed by atoms with E-state index < -0.39 is 0 Å². The van der Waals surface area contributed by atoms with Crippen molar-refractivity contribution in [2.75, 3.05) is 11.9 Å². The summed E-state index contributed by atoms with van der Waals surface area (Å²) in [5, 5.41) is 10.9. The van der Waals surface area contributed by atoms with Gasteiger partial charge in [0.05, 0.1) is 11.6 Å². The third-order valence-corrected chi connectivity index (χ3v) is 5.31. The molecule has 2 aromatic heterocycles. The molecule has 0 unspecified atom stereocenters. The number of carbonyl (C=O) groups excluding carboxylic acids is 1. The Bertz CT molecular complexity index is 1060. The Kier molecular flexibility index (Phi) is 4.24. The molecule has 0 spiro atoms. The van der Waals surface area contributed by atoms with E-state index in [1.165, 1.54) is 0 Å². The number of anilines is 1. The smallest absolute Gasteiger partial charge is 0.270 e. The summed E-state index contributed by atoms with van der Waals surface area (Å²) in [5.74, 6) is 2.31. The van der Waals surface area contributed by atoms with Crippen molar-refractivity contribution in [3.63, 3.8) is 0 Å². The zero-order valence-electron chi connectivity index (χ0n) is 15.0. The normalized spacial score (nSPS) is 15.8. The molecular weight excluding hydrogens is 378 g/mol. The van der Waals surface area contributed by atoms with Crippen molar-refractivity contribution < 1.29 is 9.32 Å². The summed E-state index contributed by atoms with van der Waals surface area (Å²) in [7, 11) is 0. The van der Waals surface area contributed by atoms with Crippen LogP contribution in [0.5, 0.6) is 0 Å². The first kappa shape index (κ1) is 17.2. The highest BCUT2D eigenvalue weighted by molar-refractivity contribution is 6.33. The molecule has 7 nitrogen and oxygen atoms in total. The maximum atomic E-state index is 12.2. The maximum Gasteiger partial charge on any atom is 0.270 e. The molecule has 1 aliphatic heterocycles. The largest absolute Gasteiger partial charge is 0.364 e. The van der Waals surface area contributed by atoms with E-state index in [0.29, 0.717) is 47.7 Å². The highest BCUT2D eigenvalue weighted by atomic mass is 35.5. The van der Waals surface area contributed by atoms with E-state index in [2.05, 4.69) is 20.8 Å². The number of aromatic nitrogens is 3. The van der Waals surface area contributed by atoms with Crippen LogP contribution < -0.4 is 10.6 Å². The molecule has 8 heteroatoms. The molecule has 1 fully saturated rings. The van der Waals surface area contributed by atoms with Crippen LogP contribution in [-0.4, -0.2) is 27.6 Å². The molecule has 0 saturated heterocycles. The first-order valence-corrected chi connectivity index (χ1v) is 9.70. The summed E-state index contributed by atoms with van der Waals surface area (Å²) in [6, 6.07) is 9.34. The van der Waals surface area contributed by atoms with Gasteiger partial charge in [0.15, 0.2) is 5.76 Å². The van der Waals surface area contributed by atoms with Crippen LogP contribution in [0.4, 0.5) is 5.82 Å². The first-order valence-electron chi connectivity index (χ1n) is 9.32. The second-order valence-corrected chi connectivity index (χ2v) is 7.46. The average molecular weight is 396 g/mol. The molecule has 28 heavy (non-hydrogen) atoms. The van der Waals surface area contributed by atoms with Gasteiger partial charge in [0, 0.05) is 29.7 Å². The predicted octanol–water partition coefficient (Wildman–Crippen LogP) is 3.56. The van der Waals surface area contributed by atoms with E-state index in [0.717, 1.165) is 35.5 Å². The van der Waals surface area contributed by atoms with Crippen LogP contribution in [0.25, 0.3) is 11.3 Å². The Balaban J connectivity index is 1.40. The summed E-state index contributed by atoms with van der Waals surface area (Å²) < 4.78 is 5.45. The van der Waals surface area contributed by atoms with Gasteiger partial charge in [-0.3, -0.25) is 4.79 Å². The SMILES string of the molecule is O=C1NCCc2c(NCc3cc(-c4ccccc4Cl)on3)nc(C3CC3)nc21. The van der Waals surface area contributed by atoms with Gasteiger partial charge in [0.1, 0.15) is 23.0 Å². The number of rotatable bonds is 5. The summed E-state index contributed by atoms with van der Waals surface area (Å²) in [6.45, 7) is 1.02.